The third-order valence-electron chi connectivity index (χ3n) is 3.81. The van der Waals surface area contributed by atoms with Gasteiger partial charge in [-0.3, -0.25) is 0 Å². The van der Waals surface area contributed by atoms with Gasteiger partial charge in [-0.25, -0.2) is 4.98 Å². The van der Waals surface area contributed by atoms with E-state index in [1.807, 2.05) is 6.07 Å². The number of hydrogen-bond acceptors (Lipinski definition) is 4. The van der Waals surface area contributed by atoms with Gasteiger partial charge in [-0.05, 0) is 37.4 Å². The number of anilines is 1. The summed E-state index contributed by atoms with van der Waals surface area (Å²) in [5, 5.41) is 4.64. The van der Waals surface area contributed by atoms with Gasteiger partial charge in [0.25, 0.3) is 0 Å². The van der Waals surface area contributed by atoms with Gasteiger partial charge < -0.3 is 11.1 Å². The summed E-state index contributed by atoms with van der Waals surface area (Å²) in [5.41, 5.74) is 6.95. The fraction of sp³-hybridized carbons (Fsp3) is 0.500. The molecule has 2 atom stereocenters. The molecule has 0 spiro atoms. The number of benzene rings is 1. The van der Waals surface area contributed by atoms with Crippen molar-refractivity contribution < 1.29 is 0 Å². The van der Waals surface area contributed by atoms with Crippen LogP contribution < -0.4 is 11.1 Å². The Bertz CT molecular complexity index is 489. The lowest BCUT2D eigenvalue weighted by molar-refractivity contribution is 0.332. The first-order valence-electron chi connectivity index (χ1n) is 6.69. The molecule has 0 amide bonds. The highest BCUT2D eigenvalue weighted by Crippen LogP contribution is 2.30. The van der Waals surface area contributed by atoms with E-state index in [9.17, 15) is 0 Å². The number of hydrogen-bond donors (Lipinski definition) is 2. The van der Waals surface area contributed by atoms with E-state index in [2.05, 4.69) is 28.5 Å². The van der Waals surface area contributed by atoms with Crippen molar-refractivity contribution in [3.8, 4) is 0 Å². The van der Waals surface area contributed by atoms with Crippen molar-refractivity contribution in [1.29, 1.82) is 0 Å². The van der Waals surface area contributed by atoms with Crippen LogP contribution in [0.4, 0.5) is 5.13 Å². The topological polar surface area (TPSA) is 50.9 Å². The molecule has 1 heterocycles. The van der Waals surface area contributed by atoms with Gasteiger partial charge in [0, 0.05) is 6.04 Å². The summed E-state index contributed by atoms with van der Waals surface area (Å²) in [5.74, 6) is 0.603. The summed E-state index contributed by atoms with van der Waals surface area (Å²) in [6.07, 6.45) is 5.09. The van der Waals surface area contributed by atoms with Gasteiger partial charge in [0.2, 0.25) is 0 Å². The van der Waals surface area contributed by atoms with E-state index in [1.54, 1.807) is 11.3 Å². The van der Waals surface area contributed by atoms with Gasteiger partial charge in [0.1, 0.15) is 0 Å². The molecule has 1 aromatic carbocycles. The van der Waals surface area contributed by atoms with Crippen LogP contribution in [0.1, 0.15) is 25.7 Å². The molecular formula is C14H19N3S. The summed E-state index contributed by atoms with van der Waals surface area (Å²) >= 11 is 1.74. The number of thiazole rings is 1. The van der Waals surface area contributed by atoms with E-state index in [1.165, 1.54) is 30.4 Å². The maximum absolute atomic E-state index is 5.87. The average molecular weight is 261 g/mol. The highest BCUT2D eigenvalue weighted by atomic mass is 32.1. The maximum Gasteiger partial charge on any atom is 0.184 e. The molecule has 2 unspecified atom stereocenters. The minimum atomic E-state index is 0.504. The first-order valence-corrected chi connectivity index (χ1v) is 7.50. The summed E-state index contributed by atoms with van der Waals surface area (Å²) in [7, 11) is 0. The molecule has 18 heavy (non-hydrogen) atoms. The molecule has 0 aliphatic heterocycles. The van der Waals surface area contributed by atoms with Crippen molar-refractivity contribution in [2.24, 2.45) is 11.7 Å². The van der Waals surface area contributed by atoms with E-state index in [4.69, 9.17) is 5.73 Å². The van der Waals surface area contributed by atoms with E-state index >= 15 is 0 Å². The van der Waals surface area contributed by atoms with Crippen molar-refractivity contribution in [3.05, 3.63) is 24.3 Å². The second-order valence-corrected chi connectivity index (χ2v) is 6.05. The van der Waals surface area contributed by atoms with Crippen LogP contribution in [0, 0.1) is 5.92 Å². The number of para-hydroxylation sites is 1. The highest BCUT2D eigenvalue weighted by Gasteiger charge is 2.24. The lowest BCUT2D eigenvalue weighted by Crippen LogP contribution is -2.36. The number of nitrogens with two attached hydrogens (primary N) is 1. The molecule has 1 aliphatic rings. The van der Waals surface area contributed by atoms with Crippen molar-refractivity contribution in [3.63, 3.8) is 0 Å². The van der Waals surface area contributed by atoms with E-state index in [-0.39, 0.29) is 0 Å². The molecule has 1 saturated carbocycles. The molecule has 0 bridgehead atoms. The molecule has 0 saturated heterocycles. The fourth-order valence-electron chi connectivity index (χ4n) is 2.77. The lowest BCUT2D eigenvalue weighted by Gasteiger charge is -2.31. The SMILES string of the molecule is NCC1CCCCC1Nc1nc2ccccc2s1. The first-order chi connectivity index (χ1) is 8.86. The number of rotatable bonds is 3. The van der Waals surface area contributed by atoms with Crippen molar-refractivity contribution in [2.45, 2.75) is 31.7 Å². The van der Waals surface area contributed by atoms with Crippen LogP contribution in [-0.2, 0) is 0 Å². The quantitative estimate of drug-likeness (QED) is 0.892. The Morgan fingerprint density at radius 2 is 2.11 bits per heavy atom. The third-order valence-corrected chi connectivity index (χ3v) is 4.78. The minimum Gasteiger partial charge on any atom is -0.358 e. The van der Waals surface area contributed by atoms with Crippen molar-refractivity contribution in [2.75, 3.05) is 11.9 Å². The van der Waals surface area contributed by atoms with E-state index in [0.29, 0.717) is 12.0 Å². The molecule has 96 valence electrons. The zero-order chi connectivity index (χ0) is 12.4. The smallest absolute Gasteiger partial charge is 0.184 e. The Balaban J connectivity index is 1.78. The predicted molar refractivity (Wildman–Crippen MR) is 78.0 cm³/mol. The molecule has 1 aliphatic carbocycles. The second-order valence-electron chi connectivity index (χ2n) is 5.02. The monoisotopic (exact) mass is 261 g/mol. The van der Waals surface area contributed by atoms with Crippen LogP contribution in [0.3, 0.4) is 0 Å². The van der Waals surface area contributed by atoms with Gasteiger partial charge in [-0.2, -0.15) is 0 Å². The van der Waals surface area contributed by atoms with Crippen molar-refractivity contribution >= 4 is 26.7 Å². The zero-order valence-corrected chi connectivity index (χ0v) is 11.2. The second kappa shape index (κ2) is 5.24. The third kappa shape index (κ3) is 2.35. The number of fused-ring (bicyclic) bond motifs is 1. The van der Waals surface area contributed by atoms with Crippen LogP contribution >= 0.6 is 11.3 Å². The van der Waals surface area contributed by atoms with Gasteiger partial charge in [0.05, 0.1) is 10.2 Å². The Morgan fingerprint density at radius 1 is 1.28 bits per heavy atom. The van der Waals surface area contributed by atoms with Crippen LogP contribution in [-0.4, -0.2) is 17.6 Å². The fourth-order valence-corrected chi connectivity index (χ4v) is 3.70. The first kappa shape index (κ1) is 11.9. The molecule has 0 radical (unpaired) electrons. The Morgan fingerprint density at radius 3 is 2.94 bits per heavy atom. The average Bonchev–Trinajstić information content (AvgIpc) is 2.81. The molecule has 3 N–H and O–H groups in total. The minimum absolute atomic E-state index is 0.504. The maximum atomic E-state index is 5.87. The van der Waals surface area contributed by atoms with Crippen LogP contribution in [0.5, 0.6) is 0 Å². The molecule has 4 heteroatoms. The van der Waals surface area contributed by atoms with Crippen LogP contribution in [0.2, 0.25) is 0 Å². The summed E-state index contributed by atoms with van der Waals surface area (Å²) < 4.78 is 1.25. The molecule has 3 rings (SSSR count). The highest BCUT2D eigenvalue weighted by molar-refractivity contribution is 7.22. The van der Waals surface area contributed by atoms with Gasteiger partial charge in [-0.15, -0.1) is 0 Å². The summed E-state index contributed by atoms with van der Waals surface area (Å²) in [6.45, 7) is 0.780. The normalized spacial score (nSPS) is 24.3. The van der Waals surface area contributed by atoms with Gasteiger partial charge in [-0.1, -0.05) is 36.3 Å². The standard InChI is InChI=1S/C14H19N3S/c15-9-10-5-1-2-6-11(10)16-14-17-12-7-3-4-8-13(12)18-14/h3-4,7-8,10-11H,1-2,5-6,9,15H2,(H,16,17). The lowest BCUT2D eigenvalue weighted by atomic mass is 9.85. The van der Waals surface area contributed by atoms with Crippen molar-refractivity contribution in [1.82, 2.24) is 4.98 Å². The Labute approximate surface area is 111 Å². The molecule has 1 aromatic heterocycles. The number of aromatic nitrogens is 1. The van der Waals surface area contributed by atoms with Crippen LogP contribution in [0.15, 0.2) is 24.3 Å². The summed E-state index contributed by atoms with van der Waals surface area (Å²) in [6, 6.07) is 8.80. The molecular weight excluding hydrogens is 242 g/mol. The zero-order valence-electron chi connectivity index (χ0n) is 10.4. The number of nitrogens with one attached hydrogen (secondary N) is 1. The van der Waals surface area contributed by atoms with Gasteiger partial charge in [0.15, 0.2) is 5.13 Å². The largest absolute Gasteiger partial charge is 0.358 e. The molecule has 1 fully saturated rings. The van der Waals surface area contributed by atoms with Crippen LogP contribution in [0.25, 0.3) is 10.2 Å². The molecule has 2 aromatic rings. The summed E-state index contributed by atoms with van der Waals surface area (Å²) in [4.78, 5) is 4.64. The number of nitrogens with zero attached hydrogens (tertiary/aromatic N) is 1. The Kier molecular flexibility index (Phi) is 3.48. The Hall–Kier alpha value is -1.13. The van der Waals surface area contributed by atoms with Gasteiger partial charge >= 0.3 is 0 Å². The predicted octanol–water partition coefficient (Wildman–Crippen LogP) is 3.23. The molecule has 3 nitrogen and oxygen atoms in total. The van der Waals surface area contributed by atoms with E-state index in [0.717, 1.165) is 17.2 Å². The van der Waals surface area contributed by atoms with E-state index < -0.39 is 0 Å².